The van der Waals surface area contributed by atoms with Crippen LogP contribution in [0.3, 0.4) is 0 Å². The molecule has 0 aromatic carbocycles. The number of amides is 1. The first-order valence-electron chi connectivity index (χ1n) is 6.94. The molecule has 2 N–H and O–H groups in total. The van der Waals surface area contributed by atoms with Gasteiger partial charge >= 0.3 is 0 Å². The number of hydrogen-bond acceptors (Lipinski definition) is 6. The van der Waals surface area contributed by atoms with Crippen LogP contribution in [0.15, 0.2) is 16.8 Å². The fourth-order valence-electron chi connectivity index (χ4n) is 1.69. The average Bonchev–Trinajstić information content (AvgIpc) is 3.06. The third kappa shape index (κ3) is 4.38. The molecular formula is C13H20N6O2. The Morgan fingerprint density at radius 3 is 2.95 bits per heavy atom. The molecule has 0 saturated carbocycles. The first-order chi connectivity index (χ1) is 10.1. The Balaban J connectivity index is 1.87. The summed E-state index contributed by atoms with van der Waals surface area (Å²) in [7, 11) is 0. The van der Waals surface area contributed by atoms with Gasteiger partial charge in [-0.25, -0.2) is 4.68 Å². The van der Waals surface area contributed by atoms with Crippen molar-refractivity contribution in [3.8, 4) is 0 Å². The van der Waals surface area contributed by atoms with Crippen molar-refractivity contribution in [1.29, 1.82) is 0 Å². The zero-order valence-corrected chi connectivity index (χ0v) is 12.5. The van der Waals surface area contributed by atoms with E-state index in [0.29, 0.717) is 12.4 Å². The predicted molar refractivity (Wildman–Crippen MR) is 76.6 cm³/mol. The van der Waals surface area contributed by atoms with Crippen LogP contribution in [0, 0.1) is 0 Å². The zero-order chi connectivity index (χ0) is 15.2. The van der Waals surface area contributed by atoms with Crippen molar-refractivity contribution in [2.24, 2.45) is 0 Å². The summed E-state index contributed by atoms with van der Waals surface area (Å²) in [6, 6.07) is 1.72. The van der Waals surface area contributed by atoms with Gasteiger partial charge in [-0.3, -0.25) is 10.1 Å². The van der Waals surface area contributed by atoms with E-state index in [4.69, 9.17) is 4.52 Å². The van der Waals surface area contributed by atoms with E-state index >= 15 is 0 Å². The molecule has 0 atom stereocenters. The Hall–Kier alpha value is -2.22. The van der Waals surface area contributed by atoms with E-state index < -0.39 is 0 Å². The second-order valence-electron chi connectivity index (χ2n) is 5.01. The third-order valence-electron chi connectivity index (χ3n) is 2.83. The van der Waals surface area contributed by atoms with E-state index in [1.165, 1.54) is 4.68 Å². The number of hydrogen-bond donors (Lipinski definition) is 2. The number of carbonyl (C=O) groups excluding carboxylic acids is 1. The second kappa shape index (κ2) is 6.98. The van der Waals surface area contributed by atoms with Crippen molar-refractivity contribution in [3.63, 3.8) is 0 Å². The molecule has 0 bridgehead atoms. The molecule has 114 valence electrons. The van der Waals surface area contributed by atoms with Crippen LogP contribution in [-0.2, 0) is 17.9 Å². The average molecular weight is 292 g/mol. The molecule has 0 saturated heterocycles. The van der Waals surface area contributed by atoms with E-state index in [1.54, 1.807) is 12.3 Å². The van der Waals surface area contributed by atoms with Crippen LogP contribution in [0.25, 0.3) is 0 Å². The Kier molecular flexibility index (Phi) is 5.04. The molecule has 2 heterocycles. The van der Waals surface area contributed by atoms with Gasteiger partial charge in [0.1, 0.15) is 6.54 Å². The Labute approximate surface area is 122 Å². The van der Waals surface area contributed by atoms with Gasteiger partial charge in [0, 0.05) is 12.6 Å². The SMILES string of the molecule is CCNCc1cn(CC(=O)Nc2cc(C(C)C)no2)nn1. The Morgan fingerprint density at radius 1 is 1.48 bits per heavy atom. The lowest BCUT2D eigenvalue weighted by Gasteiger charge is -2.00. The molecule has 0 unspecified atom stereocenters. The largest absolute Gasteiger partial charge is 0.338 e. The Morgan fingerprint density at radius 2 is 2.29 bits per heavy atom. The molecule has 0 radical (unpaired) electrons. The highest BCUT2D eigenvalue weighted by Crippen LogP contribution is 2.17. The molecule has 21 heavy (non-hydrogen) atoms. The molecule has 8 heteroatoms. The molecule has 0 aliphatic rings. The summed E-state index contributed by atoms with van der Waals surface area (Å²) in [5.74, 6) is 0.362. The quantitative estimate of drug-likeness (QED) is 0.794. The van der Waals surface area contributed by atoms with E-state index in [-0.39, 0.29) is 18.4 Å². The minimum absolute atomic E-state index is 0.0802. The maximum Gasteiger partial charge on any atom is 0.248 e. The number of anilines is 1. The van der Waals surface area contributed by atoms with Crippen LogP contribution in [0.2, 0.25) is 0 Å². The second-order valence-corrected chi connectivity index (χ2v) is 5.01. The molecule has 0 fully saturated rings. The smallest absolute Gasteiger partial charge is 0.248 e. The molecule has 1 amide bonds. The van der Waals surface area contributed by atoms with Crippen molar-refractivity contribution in [2.75, 3.05) is 11.9 Å². The lowest BCUT2D eigenvalue weighted by atomic mass is 10.1. The minimum atomic E-state index is -0.235. The monoisotopic (exact) mass is 292 g/mol. The number of nitrogens with zero attached hydrogens (tertiary/aromatic N) is 4. The summed E-state index contributed by atoms with van der Waals surface area (Å²) in [6.07, 6.45) is 1.74. The molecule has 2 aromatic heterocycles. The van der Waals surface area contributed by atoms with E-state index in [9.17, 15) is 4.79 Å². The van der Waals surface area contributed by atoms with Crippen molar-refractivity contribution in [1.82, 2.24) is 25.5 Å². The summed E-state index contributed by atoms with van der Waals surface area (Å²) in [5, 5.41) is 17.6. The van der Waals surface area contributed by atoms with Gasteiger partial charge in [0.15, 0.2) is 0 Å². The normalized spacial score (nSPS) is 11.0. The molecule has 2 aromatic rings. The number of carbonyl (C=O) groups is 1. The standard InChI is InChI=1S/C13H20N6O2/c1-4-14-6-10-7-19(18-16-10)8-12(20)15-13-5-11(9(2)3)17-21-13/h5,7,9,14H,4,6,8H2,1-3H3,(H,15,20). The maximum atomic E-state index is 11.9. The number of aromatic nitrogens is 4. The highest BCUT2D eigenvalue weighted by molar-refractivity contribution is 5.89. The van der Waals surface area contributed by atoms with Crippen LogP contribution >= 0.6 is 0 Å². The zero-order valence-electron chi connectivity index (χ0n) is 12.5. The lowest BCUT2D eigenvalue weighted by molar-refractivity contribution is -0.117. The van der Waals surface area contributed by atoms with Gasteiger partial charge in [-0.1, -0.05) is 31.1 Å². The summed E-state index contributed by atoms with van der Waals surface area (Å²) in [4.78, 5) is 11.9. The fourth-order valence-corrected chi connectivity index (χ4v) is 1.69. The van der Waals surface area contributed by atoms with Crippen LogP contribution < -0.4 is 10.6 Å². The van der Waals surface area contributed by atoms with Crippen molar-refractivity contribution in [2.45, 2.75) is 39.8 Å². The molecule has 2 rings (SSSR count). The topological polar surface area (TPSA) is 97.9 Å². The highest BCUT2D eigenvalue weighted by Gasteiger charge is 2.11. The van der Waals surface area contributed by atoms with Gasteiger partial charge < -0.3 is 9.84 Å². The van der Waals surface area contributed by atoms with Crippen molar-refractivity contribution < 1.29 is 9.32 Å². The van der Waals surface area contributed by atoms with Crippen LogP contribution in [-0.4, -0.2) is 32.6 Å². The van der Waals surface area contributed by atoms with Gasteiger partial charge in [-0.15, -0.1) is 5.10 Å². The molecule has 0 spiro atoms. The van der Waals surface area contributed by atoms with E-state index in [2.05, 4.69) is 26.1 Å². The molecular weight excluding hydrogens is 272 g/mol. The van der Waals surface area contributed by atoms with Crippen LogP contribution in [0.1, 0.15) is 38.1 Å². The highest BCUT2D eigenvalue weighted by atomic mass is 16.5. The summed E-state index contributed by atoms with van der Waals surface area (Å²) in [5.41, 5.74) is 1.60. The minimum Gasteiger partial charge on any atom is -0.338 e. The van der Waals surface area contributed by atoms with Gasteiger partial charge in [0.2, 0.25) is 11.8 Å². The summed E-state index contributed by atoms with van der Waals surface area (Å²) in [6.45, 7) is 7.60. The van der Waals surface area contributed by atoms with Crippen molar-refractivity contribution >= 4 is 11.8 Å². The third-order valence-corrected chi connectivity index (χ3v) is 2.83. The molecule has 8 nitrogen and oxygen atoms in total. The van der Waals surface area contributed by atoms with Gasteiger partial charge in [-0.05, 0) is 12.5 Å². The van der Waals surface area contributed by atoms with Gasteiger partial charge in [0.05, 0.1) is 17.6 Å². The predicted octanol–water partition coefficient (Wildman–Crippen LogP) is 1.14. The summed E-state index contributed by atoms with van der Waals surface area (Å²) >= 11 is 0. The maximum absolute atomic E-state index is 11.9. The van der Waals surface area contributed by atoms with Crippen LogP contribution in [0.4, 0.5) is 5.88 Å². The molecule has 0 aliphatic carbocycles. The van der Waals surface area contributed by atoms with E-state index in [1.807, 2.05) is 20.8 Å². The van der Waals surface area contributed by atoms with Crippen LogP contribution in [0.5, 0.6) is 0 Å². The van der Waals surface area contributed by atoms with Gasteiger partial charge in [0.25, 0.3) is 0 Å². The number of nitrogens with one attached hydrogen (secondary N) is 2. The molecule has 0 aliphatic heterocycles. The van der Waals surface area contributed by atoms with Gasteiger partial charge in [-0.2, -0.15) is 0 Å². The lowest BCUT2D eigenvalue weighted by Crippen LogP contribution is -2.18. The first-order valence-corrected chi connectivity index (χ1v) is 6.94. The van der Waals surface area contributed by atoms with Crippen molar-refractivity contribution in [3.05, 3.63) is 23.7 Å². The number of rotatable bonds is 7. The summed E-state index contributed by atoms with van der Waals surface area (Å²) < 4.78 is 6.54. The fraction of sp³-hybridized carbons (Fsp3) is 0.538. The Bertz CT molecular complexity index is 589. The first kappa shape index (κ1) is 15.2. The van der Waals surface area contributed by atoms with E-state index in [0.717, 1.165) is 17.9 Å².